The number of anilines is 1. The summed E-state index contributed by atoms with van der Waals surface area (Å²) in [6.45, 7) is 2.04. The molecule has 0 bridgehead atoms. The van der Waals surface area contributed by atoms with Crippen molar-refractivity contribution in [3.05, 3.63) is 45.7 Å². The molecule has 0 fully saturated rings. The molecule has 0 spiro atoms. The molecule has 0 saturated carbocycles. The van der Waals surface area contributed by atoms with Gasteiger partial charge in [0.2, 0.25) is 0 Å². The van der Waals surface area contributed by atoms with Gasteiger partial charge < -0.3 is 5.73 Å². The van der Waals surface area contributed by atoms with E-state index in [2.05, 4.69) is 21.0 Å². The van der Waals surface area contributed by atoms with Gasteiger partial charge in [-0.15, -0.1) is 0 Å². The number of nitrogens with two attached hydrogens (primary N) is 1. The van der Waals surface area contributed by atoms with Crippen molar-refractivity contribution in [1.82, 2.24) is 9.78 Å². The van der Waals surface area contributed by atoms with Gasteiger partial charge in [-0.25, -0.2) is 0 Å². The Morgan fingerprint density at radius 2 is 2.21 bits per heavy atom. The predicted octanol–water partition coefficient (Wildman–Crippen LogP) is 2.75. The van der Waals surface area contributed by atoms with E-state index < -0.39 is 0 Å². The van der Waals surface area contributed by atoms with E-state index in [0.29, 0.717) is 17.7 Å². The maximum atomic E-state index is 12.3. The van der Waals surface area contributed by atoms with E-state index in [1.54, 1.807) is 28.9 Å². The molecule has 2 aromatic rings. The van der Waals surface area contributed by atoms with Gasteiger partial charge in [0.25, 0.3) is 0 Å². The van der Waals surface area contributed by atoms with Crippen LogP contribution in [0, 0.1) is 0 Å². The first-order chi connectivity index (χ1) is 9.02. The van der Waals surface area contributed by atoms with Crippen LogP contribution >= 0.6 is 15.9 Å². The van der Waals surface area contributed by atoms with Crippen LogP contribution < -0.4 is 5.73 Å². The molecule has 0 aliphatic carbocycles. The van der Waals surface area contributed by atoms with E-state index in [-0.39, 0.29) is 5.78 Å². The second-order valence-corrected chi connectivity index (χ2v) is 5.20. The van der Waals surface area contributed by atoms with Crippen molar-refractivity contribution in [2.45, 2.75) is 19.8 Å². The lowest BCUT2D eigenvalue weighted by Crippen LogP contribution is -2.08. The third-order valence-electron chi connectivity index (χ3n) is 3.04. The molecule has 0 aliphatic rings. The number of carbonyl (C=O) groups is 1. The number of benzene rings is 1. The zero-order valence-corrected chi connectivity index (χ0v) is 12.6. The second-order valence-electron chi connectivity index (χ2n) is 4.41. The van der Waals surface area contributed by atoms with E-state index in [0.717, 1.165) is 22.3 Å². The number of aryl methyl sites for hydroxylation is 2. The lowest BCUT2D eigenvalue weighted by atomic mass is 10.1. The van der Waals surface area contributed by atoms with Gasteiger partial charge in [-0.3, -0.25) is 9.48 Å². The average Bonchev–Trinajstić information content (AvgIpc) is 2.66. The third-order valence-corrected chi connectivity index (χ3v) is 3.95. The van der Waals surface area contributed by atoms with E-state index >= 15 is 0 Å². The summed E-state index contributed by atoms with van der Waals surface area (Å²) in [5.74, 6) is 0.0404. The number of aromatic nitrogens is 2. The maximum absolute atomic E-state index is 12.3. The van der Waals surface area contributed by atoms with Crippen LogP contribution in [0.1, 0.15) is 28.7 Å². The number of ketones is 1. The maximum Gasteiger partial charge on any atom is 0.168 e. The van der Waals surface area contributed by atoms with Crippen molar-refractivity contribution in [3.63, 3.8) is 0 Å². The summed E-state index contributed by atoms with van der Waals surface area (Å²) < 4.78 is 2.68. The third kappa shape index (κ3) is 2.87. The summed E-state index contributed by atoms with van der Waals surface area (Å²) in [6.07, 6.45) is 1.15. The van der Waals surface area contributed by atoms with Crippen molar-refractivity contribution in [1.29, 1.82) is 0 Å². The number of hydrogen-bond acceptors (Lipinski definition) is 3. The quantitative estimate of drug-likeness (QED) is 0.695. The van der Waals surface area contributed by atoms with Gasteiger partial charge >= 0.3 is 0 Å². The van der Waals surface area contributed by atoms with Crippen LogP contribution in [0.4, 0.5) is 5.69 Å². The number of halogens is 1. The number of rotatable bonds is 4. The summed E-state index contributed by atoms with van der Waals surface area (Å²) in [5, 5.41) is 4.39. The van der Waals surface area contributed by atoms with Crippen LogP contribution in [-0.2, 0) is 19.9 Å². The first-order valence-corrected chi connectivity index (χ1v) is 6.91. The predicted molar refractivity (Wildman–Crippen MR) is 79.2 cm³/mol. The van der Waals surface area contributed by atoms with Crippen molar-refractivity contribution in [2.75, 3.05) is 5.73 Å². The monoisotopic (exact) mass is 321 g/mol. The second kappa shape index (κ2) is 5.57. The summed E-state index contributed by atoms with van der Waals surface area (Å²) in [4.78, 5) is 12.3. The number of hydrogen-bond donors (Lipinski definition) is 1. The minimum atomic E-state index is 0.0404. The summed E-state index contributed by atoms with van der Waals surface area (Å²) in [6, 6.07) is 7.04. The molecule has 0 radical (unpaired) electrons. The van der Waals surface area contributed by atoms with Gasteiger partial charge in [-0.1, -0.05) is 19.1 Å². The highest BCUT2D eigenvalue weighted by molar-refractivity contribution is 9.10. The smallest absolute Gasteiger partial charge is 0.168 e. The molecule has 19 heavy (non-hydrogen) atoms. The molecule has 0 unspecified atom stereocenters. The molecule has 1 aromatic heterocycles. The lowest BCUT2D eigenvalue weighted by molar-refractivity contribution is 0.0990. The molecule has 0 atom stereocenters. The normalized spacial score (nSPS) is 10.7. The Kier molecular flexibility index (Phi) is 4.04. The zero-order chi connectivity index (χ0) is 14.0. The molecule has 2 rings (SSSR count). The Labute approximate surface area is 120 Å². The molecule has 0 aliphatic heterocycles. The Bertz CT molecular complexity index is 619. The fourth-order valence-electron chi connectivity index (χ4n) is 1.98. The minimum Gasteiger partial charge on any atom is -0.399 e. The highest BCUT2D eigenvalue weighted by Gasteiger charge is 2.16. The fraction of sp³-hybridized carbons (Fsp3) is 0.286. The Hall–Kier alpha value is -1.62. The molecule has 5 heteroatoms. The van der Waals surface area contributed by atoms with Crippen LogP contribution in [0.15, 0.2) is 28.7 Å². The molecule has 2 N–H and O–H groups in total. The summed E-state index contributed by atoms with van der Waals surface area (Å²) in [7, 11) is 1.85. The summed E-state index contributed by atoms with van der Waals surface area (Å²) in [5.41, 5.74) is 8.79. The average molecular weight is 322 g/mol. The SMILES string of the molecule is CCc1nn(C)c(CC(=O)c2cccc(N)c2)c1Br. The van der Waals surface area contributed by atoms with Crippen LogP contribution in [0.3, 0.4) is 0 Å². The molecule has 1 heterocycles. The molecular weight excluding hydrogens is 306 g/mol. The number of nitrogens with zero attached hydrogens (tertiary/aromatic N) is 2. The minimum absolute atomic E-state index is 0.0404. The van der Waals surface area contributed by atoms with E-state index in [1.165, 1.54) is 0 Å². The van der Waals surface area contributed by atoms with Crippen LogP contribution in [-0.4, -0.2) is 15.6 Å². The first-order valence-electron chi connectivity index (χ1n) is 6.12. The van der Waals surface area contributed by atoms with E-state index in [1.807, 2.05) is 14.0 Å². The van der Waals surface area contributed by atoms with Crippen LogP contribution in [0.2, 0.25) is 0 Å². The molecule has 1 aromatic carbocycles. The van der Waals surface area contributed by atoms with Gasteiger partial charge in [-0.05, 0) is 34.5 Å². The van der Waals surface area contributed by atoms with Crippen LogP contribution in [0.5, 0.6) is 0 Å². The van der Waals surface area contributed by atoms with Gasteiger partial charge in [0.05, 0.1) is 22.3 Å². The number of Topliss-reactive ketones (excluding diaryl/α,β-unsaturated/α-hetero) is 1. The Morgan fingerprint density at radius 3 is 2.79 bits per heavy atom. The van der Waals surface area contributed by atoms with E-state index in [9.17, 15) is 4.79 Å². The zero-order valence-electron chi connectivity index (χ0n) is 11.0. The van der Waals surface area contributed by atoms with Gasteiger partial charge in [0.15, 0.2) is 5.78 Å². The number of carbonyl (C=O) groups excluding carboxylic acids is 1. The Balaban J connectivity index is 2.27. The van der Waals surface area contributed by atoms with Crippen LogP contribution in [0.25, 0.3) is 0 Å². The fourth-order valence-corrected chi connectivity index (χ4v) is 2.73. The standard InChI is InChI=1S/C14H16BrN3O/c1-3-11-14(15)12(18(2)17-11)8-13(19)9-5-4-6-10(16)7-9/h4-7H,3,8,16H2,1-2H3. The topological polar surface area (TPSA) is 60.9 Å². The first kappa shape index (κ1) is 13.8. The molecule has 0 saturated heterocycles. The Morgan fingerprint density at radius 1 is 1.47 bits per heavy atom. The molecule has 0 amide bonds. The van der Waals surface area contributed by atoms with Gasteiger partial charge in [-0.2, -0.15) is 5.10 Å². The lowest BCUT2D eigenvalue weighted by Gasteiger charge is -2.04. The van der Waals surface area contributed by atoms with Crippen molar-refractivity contribution < 1.29 is 4.79 Å². The van der Waals surface area contributed by atoms with Gasteiger partial charge in [0.1, 0.15) is 0 Å². The highest BCUT2D eigenvalue weighted by atomic mass is 79.9. The van der Waals surface area contributed by atoms with Crippen molar-refractivity contribution in [2.24, 2.45) is 7.05 Å². The molecular formula is C14H16BrN3O. The van der Waals surface area contributed by atoms with Gasteiger partial charge in [0, 0.05) is 18.3 Å². The van der Waals surface area contributed by atoms with Crippen molar-refractivity contribution in [3.8, 4) is 0 Å². The highest BCUT2D eigenvalue weighted by Crippen LogP contribution is 2.23. The molecule has 100 valence electrons. The largest absolute Gasteiger partial charge is 0.399 e. The number of nitrogen functional groups attached to an aromatic ring is 1. The molecule has 4 nitrogen and oxygen atoms in total. The van der Waals surface area contributed by atoms with E-state index in [4.69, 9.17) is 5.73 Å². The summed E-state index contributed by atoms with van der Waals surface area (Å²) >= 11 is 3.52. The van der Waals surface area contributed by atoms with Crippen molar-refractivity contribution >= 4 is 27.4 Å².